The van der Waals surface area contributed by atoms with Crippen LogP contribution in [0.1, 0.15) is 0 Å². The number of hydrogen-bond donors (Lipinski definition) is 0. The third kappa shape index (κ3) is 7.28. The largest absolute Gasteiger partial charge is 1.00 e. The van der Waals surface area contributed by atoms with E-state index < -0.39 is 16.6 Å². The summed E-state index contributed by atoms with van der Waals surface area (Å²) < 4.78 is 12.4. The molecular formula is C18H24Li2O2Si2. The van der Waals surface area contributed by atoms with Crippen LogP contribution in [0.2, 0.25) is 39.3 Å². The first kappa shape index (κ1) is 23.7. The minimum Gasteiger partial charge on any atom is -0.566 e. The molecule has 2 aromatic carbocycles. The van der Waals surface area contributed by atoms with Crippen molar-refractivity contribution in [3.05, 3.63) is 48.5 Å². The van der Waals surface area contributed by atoms with Crippen LogP contribution in [0, 0.1) is 12.1 Å². The Morgan fingerprint density at radius 1 is 0.667 bits per heavy atom. The van der Waals surface area contributed by atoms with E-state index in [1.54, 1.807) is 0 Å². The summed E-state index contributed by atoms with van der Waals surface area (Å²) in [7, 11) is -3.40. The molecule has 0 amide bonds. The van der Waals surface area contributed by atoms with Gasteiger partial charge in [0.15, 0.2) is 0 Å². The molecule has 0 radical (unpaired) electrons. The second-order valence-corrected chi connectivity index (χ2v) is 16.1. The molecule has 0 unspecified atom stereocenters. The first-order valence-electron chi connectivity index (χ1n) is 7.55. The van der Waals surface area contributed by atoms with Crippen molar-refractivity contribution in [2.75, 3.05) is 0 Å². The van der Waals surface area contributed by atoms with E-state index in [-0.39, 0.29) is 37.7 Å². The smallest absolute Gasteiger partial charge is 0.566 e. The van der Waals surface area contributed by atoms with Crippen LogP contribution in [0.15, 0.2) is 36.4 Å². The number of hydrogen-bond acceptors (Lipinski definition) is 2. The molecule has 0 bridgehead atoms. The molecule has 0 spiro atoms. The molecule has 0 heterocycles. The molecule has 0 aliphatic heterocycles. The van der Waals surface area contributed by atoms with Crippen molar-refractivity contribution in [2.45, 2.75) is 39.3 Å². The van der Waals surface area contributed by atoms with Gasteiger partial charge in [-0.1, -0.05) is 0 Å². The van der Waals surface area contributed by atoms with E-state index in [0.717, 1.165) is 22.6 Å². The average molecular weight is 342 g/mol. The molecule has 2 nitrogen and oxygen atoms in total. The van der Waals surface area contributed by atoms with E-state index in [1.165, 1.54) is 0 Å². The van der Waals surface area contributed by atoms with E-state index in [0.29, 0.717) is 0 Å². The van der Waals surface area contributed by atoms with E-state index in [4.69, 9.17) is 8.85 Å². The number of rotatable bonds is 5. The van der Waals surface area contributed by atoms with Gasteiger partial charge in [-0.2, -0.15) is 36.4 Å². The molecule has 0 saturated heterocycles. The number of para-hydroxylation sites is 2. The Hall–Kier alpha value is -0.331. The van der Waals surface area contributed by atoms with Crippen LogP contribution in [0.25, 0.3) is 11.1 Å². The van der Waals surface area contributed by atoms with E-state index >= 15 is 0 Å². The minimum absolute atomic E-state index is 0. The second-order valence-electron chi connectivity index (χ2n) is 7.25. The quantitative estimate of drug-likeness (QED) is 0.533. The van der Waals surface area contributed by atoms with E-state index in [1.807, 2.05) is 24.3 Å². The summed E-state index contributed by atoms with van der Waals surface area (Å²) in [5.74, 6) is 1.61. The van der Waals surface area contributed by atoms with Crippen LogP contribution in [0.3, 0.4) is 0 Å². The summed E-state index contributed by atoms with van der Waals surface area (Å²) in [4.78, 5) is 0. The molecule has 6 heteroatoms. The Kier molecular flexibility index (Phi) is 9.26. The Bertz CT molecular complexity index is 592. The maximum absolute atomic E-state index is 6.20. The molecule has 0 aromatic heterocycles. The van der Waals surface area contributed by atoms with Gasteiger partial charge in [0, 0.05) is 0 Å². The monoisotopic (exact) mass is 342 g/mol. The summed E-state index contributed by atoms with van der Waals surface area (Å²) in [6.07, 6.45) is 0. The van der Waals surface area contributed by atoms with Crippen molar-refractivity contribution in [2.24, 2.45) is 0 Å². The van der Waals surface area contributed by atoms with Crippen LogP contribution < -0.4 is 46.6 Å². The standard InChI is InChI=1S/C18H24O2Si2.2Li/c1-21(2,3)19-17-13-9-7-11-15(17)16-12-8-10-14-18(16)20-22(4,5)6;;/h7-12H,1-6H3;;/q-2;2*+1. The molecule has 0 fully saturated rings. The fourth-order valence-corrected chi connectivity index (χ4v) is 3.61. The van der Waals surface area contributed by atoms with Gasteiger partial charge in [0.25, 0.3) is 0 Å². The normalized spacial score (nSPS) is 11.1. The average Bonchev–Trinajstić information content (AvgIpc) is 2.36. The first-order valence-corrected chi connectivity index (χ1v) is 14.4. The first-order chi connectivity index (χ1) is 10.2. The summed E-state index contributed by atoms with van der Waals surface area (Å²) >= 11 is 0. The summed E-state index contributed by atoms with van der Waals surface area (Å²) in [5, 5.41) is 0. The Labute approximate surface area is 173 Å². The van der Waals surface area contributed by atoms with Crippen molar-refractivity contribution < 1.29 is 46.6 Å². The molecule has 2 rings (SSSR count). The van der Waals surface area contributed by atoms with Crippen molar-refractivity contribution in [1.82, 2.24) is 0 Å². The van der Waals surface area contributed by atoms with Gasteiger partial charge in [-0.15, -0.1) is 23.3 Å². The van der Waals surface area contributed by atoms with Crippen molar-refractivity contribution in [1.29, 1.82) is 0 Å². The molecule has 0 saturated carbocycles. The molecule has 24 heavy (non-hydrogen) atoms. The third-order valence-corrected chi connectivity index (χ3v) is 4.38. The van der Waals surface area contributed by atoms with Gasteiger partial charge in [-0.05, 0) is 50.8 Å². The zero-order valence-electron chi connectivity index (χ0n) is 16.3. The predicted molar refractivity (Wildman–Crippen MR) is 97.5 cm³/mol. The van der Waals surface area contributed by atoms with E-state index in [2.05, 4.69) is 63.5 Å². The van der Waals surface area contributed by atoms with Gasteiger partial charge >= 0.3 is 37.7 Å². The second kappa shape index (κ2) is 9.39. The molecule has 0 aliphatic rings. The summed E-state index contributed by atoms with van der Waals surface area (Å²) in [5.41, 5.74) is 2.05. The SMILES string of the molecule is C[Si](C)(C)Oc1[c-]cccc1-c1ccc[c-]c1O[Si](C)(C)C.[Li+].[Li+]. The molecular weight excluding hydrogens is 318 g/mol. The van der Waals surface area contributed by atoms with Gasteiger partial charge in [0.05, 0.1) is 0 Å². The summed E-state index contributed by atoms with van der Waals surface area (Å²) in [6, 6.07) is 18.4. The van der Waals surface area contributed by atoms with Crippen LogP contribution in [0.4, 0.5) is 0 Å². The van der Waals surface area contributed by atoms with Crippen LogP contribution >= 0.6 is 0 Å². The van der Waals surface area contributed by atoms with E-state index in [9.17, 15) is 0 Å². The maximum atomic E-state index is 6.20. The molecule has 2 aromatic rings. The topological polar surface area (TPSA) is 18.5 Å². The van der Waals surface area contributed by atoms with Crippen molar-refractivity contribution in [3.8, 4) is 22.6 Å². The molecule has 0 atom stereocenters. The maximum Gasteiger partial charge on any atom is 1.00 e. The molecule has 0 aliphatic carbocycles. The van der Waals surface area contributed by atoms with Crippen LogP contribution in [0.5, 0.6) is 11.5 Å². The van der Waals surface area contributed by atoms with Gasteiger partial charge < -0.3 is 8.85 Å². The van der Waals surface area contributed by atoms with Gasteiger partial charge in [0.2, 0.25) is 16.6 Å². The third-order valence-electron chi connectivity index (χ3n) is 2.74. The summed E-state index contributed by atoms with van der Waals surface area (Å²) in [6.45, 7) is 13.0. The Balaban J connectivity index is 0.00000264. The fraction of sp³-hybridized carbons (Fsp3) is 0.333. The fourth-order valence-electron chi connectivity index (χ4n) is 2.05. The van der Waals surface area contributed by atoms with Gasteiger partial charge in [-0.25, -0.2) is 0 Å². The number of benzene rings is 2. The zero-order valence-corrected chi connectivity index (χ0v) is 18.3. The molecule has 118 valence electrons. The Morgan fingerprint density at radius 2 is 1.00 bits per heavy atom. The van der Waals surface area contributed by atoms with Crippen LogP contribution in [-0.4, -0.2) is 16.6 Å². The van der Waals surface area contributed by atoms with Gasteiger partial charge in [-0.3, -0.25) is 0 Å². The minimum atomic E-state index is -1.70. The predicted octanol–water partition coefficient (Wildman–Crippen LogP) is -0.611. The zero-order chi connectivity index (χ0) is 16.4. The van der Waals surface area contributed by atoms with Crippen molar-refractivity contribution >= 4 is 16.6 Å². The van der Waals surface area contributed by atoms with Gasteiger partial charge in [0.1, 0.15) is 0 Å². The van der Waals surface area contributed by atoms with Crippen LogP contribution in [-0.2, 0) is 0 Å². The van der Waals surface area contributed by atoms with Crippen molar-refractivity contribution in [3.63, 3.8) is 0 Å². The molecule has 0 N–H and O–H groups in total. The Morgan fingerprint density at radius 3 is 1.29 bits per heavy atom.